The Bertz CT molecular complexity index is 1970. The third-order valence-corrected chi connectivity index (χ3v) is 6.37. The molecule has 1 atom stereocenters. The van der Waals surface area contributed by atoms with E-state index in [1.54, 1.807) is 32.4 Å². The lowest BCUT2D eigenvalue weighted by Crippen LogP contribution is -2.30. The molecule has 2 aromatic carbocycles. The fraction of sp³-hybridized carbons (Fsp3) is 0.100. The van der Waals surface area contributed by atoms with Crippen molar-refractivity contribution in [1.29, 1.82) is 0 Å². The summed E-state index contributed by atoms with van der Waals surface area (Å²) in [5, 5.41) is 12.4. The van der Waals surface area contributed by atoms with Crippen LogP contribution in [0.15, 0.2) is 97.0 Å². The summed E-state index contributed by atoms with van der Waals surface area (Å²) in [4.78, 5) is 23.5. The van der Waals surface area contributed by atoms with Gasteiger partial charge in [0.05, 0.1) is 46.2 Å². The third-order valence-electron chi connectivity index (χ3n) is 6.37. The lowest BCUT2D eigenvalue weighted by Gasteiger charge is -2.21. The molecule has 9 nitrogen and oxygen atoms in total. The Morgan fingerprint density at radius 1 is 1.03 bits per heavy atom. The number of nitrogens with one attached hydrogen (secondary N) is 1. The van der Waals surface area contributed by atoms with Crippen LogP contribution in [-0.2, 0) is 7.05 Å². The van der Waals surface area contributed by atoms with Crippen molar-refractivity contribution >= 4 is 22.2 Å². The van der Waals surface area contributed by atoms with E-state index in [0.29, 0.717) is 39.3 Å². The molecule has 39 heavy (non-hydrogen) atoms. The minimum Gasteiger partial charge on any atom is -0.375 e. The van der Waals surface area contributed by atoms with Crippen molar-refractivity contribution in [3.05, 3.63) is 125 Å². The van der Waals surface area contributed by atoms with E-state index in [9.17, 15) is 4.79 Å². The molecule has 4 aromatic heterocycles. The maximum absolute atomic E-state index is 14.1. The Balaban J connectivity index is 1.47. The summed E-state index contributed by atoms with van der Waals surface area (Å²) in [5.41, 5.74) is 4.52. The van der Waals surface area contributed by atoms with Gasteiger partial charge in [-0.15, -0.1) is 0 Å². The lowest BCUT2D eigenvalue weighted by molar-refractivity contribution is 0.624. The molecule has 0 radical (unpaired) electrons. The first kappa shape index (κ1) is 23.9. The molecule has 190 valence electrons. The number of para-hydroxylation sites is 1. The van der Waals surface area contributed by atoms with Crippen LogP contribution in [0.5, 0.6) is 0 Å². The molecule has 0 amide bonds. The number of rotatable bonds is 5. The van der Waals surface area contributed by atoms with Crippen LogP contribution in [-0.4, -0.2) is 33.9 Å². The molecule has 1 N–H and O–H groups in total. The summed E-state index contributed by atoms with van der Waals surface area (Å²) < 4.78 is 5.01. The van der Waals surface area contributed by atoms with E-state index < -0.39 is 0 Å². The second kappa shape index (κ2) is 9.76. The lowest BCUT2D eigenvalue weighted by atomic mass is 10.1. The third kappa shape index (κ3) is 4.45. The molecule has 0 aliphatic rings. The fourth-order valence-corrected chi connectivity index (χ4v) is 4.54. The van der Waals surface area contributed by atoms with Gasteiger partial charge in [0.25, 0.3) is 5.56 Å². The van der Waals surface area contributed by atoms with Gasteiger partial charge in [0.2, 0.25) is 0 Å². The maximum Gasteiger partial charge on any atom is 0.267 e. The first-order valence-corrected chi connectivity index (χ1v) is 12.4. The Morgan fingerprint density at radius 2 is 1.87 bits per heavy atom. The summed E-state index contributed by atoms with van der Waals surface area (Å²) >= 11 is 0. The molecule has 0 unspecified atom stereocenters. The summed E-state index contributed by atoms with van der Waals surface area (Å²) in [6.45, 7) is 6.17. The molecule has 6 rings (SSSR count). The number of benzene rings is 2. The Morgan fingerprint density at radius 3 is 2.67 bits per heavy atom. The highest BCUT2D eigenvalue weighted by Crippen LogP contribution is 2.23. The van der Waals surface area contributed by atoms with E-state index in [-0.39, 0.29) is 11.6 Å². The predicted molar refractivity (Wildman–Crippen MR) is 150 cm³/mol. The second-order valence-corrected chi connectivity index (χ2v) is 9.09. The van der Waals surface area contributed by atoms with Crippen molar-refractivity contribution in [2.24, 2.45) is 7.05 Å². The van der Waals surface area contributed by atoms with Crippen LogP contribution in [0.3, 0.4) is 0 Å². The van der Waals surface area contributed by atoms with Gasteiger partial charge in [-0.25, -0.2) is 14.5 Å². The molecule has 0 fully saturated rings. The first-order valence-electron chi connectivity index (χ1n) is 12.4. The number of hydrogen-bond donors (Lipinski definition) is 1. The van der Waals surface area contributed by atoms with Crippen LogP contribution in [0.4, 0.5) is 0 Å². The Labute approximate surface area is 224 Å². The average molecular weight is 513 g/mol. The van der Waals surface area contributed by atoms with E-state index in [2.05, 4.69) is 38.9 Å². The zero-order valence-electron chi connectivity index (χ0n) is 21.4. The van der Waals surface area contributed by atoms with Gasteiger partial charge in [0.15, 0.2) is 5.65 Å². The number of hydrogen-bond acceptors (Lipinski definition) is 6. The molecule has 0 saturated heterocycles. The maximum atomic E-state index is 14.1. The standard InChI is InChI=1S/C30H24N8O/c1-20(25-18-33-37-16-8-15-31-29(25)37)34-21(2)28-35-26-12-7-9-23(14-13-22-17-32-36(3)19-22)27(26)30(39)38(28)24-10-5-4-6-11-24/h4-12,15-19,21,34H,1H2,2-3H3/t21-/m1/s1. The molecule has 9 heteroatoms. The monoisotopic (exact) mass is 512 g/mol. The highest BCUT2D eigenvalue weighted by atomic mass is 16.1. The molecular weight excluding hydrogens is 488 g/mol. The van der Waals surface area contributed by atoms with E-state index in [4.69, 9.17) is 4.98 Å². The van der Waals surface area contributed by atoms with Crippen LogP contribution >= 0.6 is 0 Å². The van der Waals surface area contributed by atoms with Crippen LogP contribution in [0, 0.1) is 11.8 Å². The number of aromatic nitrogens is 7. The van der Waals surface area contributed by atoms with E-state index in [1.165, 1.54) is 0 Å². The quantitative estimate of drug-likeness (QED) is 0.352. The van der Waals surface area contributed by atoms with Gasteiger partial charge in [0.1, 0.15) is 5.82 Å². The van der Waals surface area contributed by atoms with Gasteiger partial charge in [-0.1, -0.05) is 42.7 Å². The first-order chi connectivity index (χ1) is 19.0. The SMILES string of the molecule is C=C(N[C@H](C)c1nc2cccc(C#Cc3cnn(C)c3)c2c(=O)n1-c1ccccc1)c1cnn2cccnc12. The number of aryl methyl sites for hydroxylation is 1. The summed E-state index contributed by atoms with van der Waals surface area (Å²) in [6.07, 6.45) is 8.78. The van der Waals surface area contributed by atoms with Crippen molar-refractivity contribution in [3.63, 3.8) is 0 Å². The van der Waals surface area contributed by atoms with Crippen molar-refractivity contribution in [2.75, 3.05) is 0 Å². The smallest absolute Gasteiger partial charge is 0.267 e. The summed E-state index contributed by atoms with van der Waals surface area (Å²) in [6, 6.07) is 16.5. The van der Waals surface area contributed by atoms with E-state index in [1.807, 2.05) is 81.0 Å². The molecule has 0 aliphatic carbocycles. The van der Waals surface area contributed by atoms with Gasteiger partial charge in [0, 0.05) is 36.9 Å². The number of nitrogens with zero attached hydrogens (tertiary/aromatic N) is 7. The van der Waals surface area contributed by atoms with Crippen LogP contribution in [0.25, 0.3) is 27.9 Å². The van der Waals surface area contributed by atoms with Gasteiger partial charge in [-0.2, -0.15) is 10.2 Å². The van der Waals surface area contributed by atoms with Gasteiger partial charge >= 0.3 is 0 Å². The number of fused-ring (bicyclic) bond motifs is 2. The molecule has 4 heterocycles. The molecule has 0 bridgehead atoms. The minimum atomic E-state index is -0.376. The van der Waals surface area contributed by atoms with Crippen LogP contribution in [0.1, 0.15) is 35.5 Å². The predicted octanol–water partition coefficient (Wildman–Crippen LogP) is 3.88. The summed E-state index contributed by atoms with van der Waals surface area (Å²) in [5.74, 6) is 6.80. The normalized spacial score (nSPS) is 11.7. The Kier molecular flexibility index (Phi) is 5.98. The minimum absolute atomic E-state index is 0.200. The Hall–Kier alpha value is -5.49. The topological polar surface area (TPSA) is 94.9 Å². The molecular formula is C30H24N8O. The molecule has 0 spiro atoms. The van der Waals surface area contributed by atoms with Gasteiger partial charge in [-0.05, 0) is 37.3 Å². The largest absolute Gasteiger partial charge is 0.375 e. The van der Waals surface area contributed by atoms with Gasteiger partial charge in [-0.3, -0.25) is 14.0 Å². The second-order valence-electron chi connectivity index (χ2n) is 9.09. The van der Waals surface area contributed by atoms with E-state index in [0.717, 1.165) is 11.1 Å². The summed E-state index contributed by atoms with van der Waals surface area (Å²) in [7, 11) is 1.84. The van der Waals surface area contributed by atoms with Gasteiger partial charge < -0.3 is 5.32 Å². The molecule has 0 saturated carbocycles. The highest BCUT2D eigenvalue weighted by Gasteiger charge is 2.21. The average Bonchev–Trinajstić information content (AvgIpc) is 3.58. The van der Waals surface area contributed by atoms with E-state index >= 15 is 0 Å². The zero-order chi connectivity index (χ0) is 26.9. The van der Waals surface area contributed by atoms with Crippen molar-refractivity contribution in [3.8, 4) is 17.5 Å². The fourth-order valence-electron chi connectivity index (χ4n) is 4.54. The molecule has 6 aromatic rings. The molecule has 0 aliphatic heterocycles. The van der Waals surface area contributed by atoms with Crippen molar-refractivity contribution in [1.82, 2.24) is 39.2 Å². The van der Waals surface area contributed by atoms with Crippen LogP contribution in [0.2, 0.25) is 0 Å². The highest BCUT2D eigenvalue weighted by molar-refractivity contribution is 5.85. The van der Waals surface area contributed by atoms with Crippen LogP contribution < -0.4 is 10.9 Å². The zero-order valence-corrected chi connectivity index (χ0v) is 21.4. The van der Waals surface area contributed by atoms with Crippen molar-refractivity contribution < 1.29 is 0 Å². The van der Waals surface area contributed by atoms with Crippen molar-refractivity contribution in [2.45, 2.75) is 13.0 Å².